The van der Waals surface area contributed by atoms with Crippen LogP contribution in [0.2, 0.25) is 0 Å². The topological polar surface area (TPSA) is 87.5 Å². The number of hydrogen-bond acceptors (Lipinski definition) is 6. The van der Waals surface area contributed by atoms with Gasteiger partial charge in [0.15, 0.2) is 5.82 Å². The fourth-order valence-corrected chi connectivity index (χ4v) is 3.34. The van der Waals surface area contributed by atoms with Crippen LogP contribution in [0.5, 0.6) is 11.8 Å². The lowest BCUT2D eigenvalue weighted by molar-refractivity contribution is 0.102. The minimum Gasteiger partial charge on any atom is -0.497 e. The summed E-state index contributed by atoms with van der Waals surface area (Å²) in [6, 6.07) is 20.3. The molecule has 0 unspecified atom stereocenters. The van der Waals surface area contributed by atoms with E-state index in [0.717, 1.165) is 5.56 Å². The predicted molar refractivity (Wildman–Crippen MR) is 130 cm³/mol. The van der Waals surface area contributed by atoms with E-state index in [-0.39, 0.29) is 11.6 Å². The number of anilines is 1. The maximum absolute atomic E-state index is 13.4. The van der Waals surface area contributed by atoms with Crippen LogP contribution in [0.1, 0.15) is 17.3 Å². The van der Waals surface area contributed by atoms with Crippen molar-refractivity contribution in [2.24, 2.45) is 0 Å². The fourth-order valence-electron chi connectivity index (χ4n) is 3.34. The van der Waals surface area contributed by atoms with Gasteiger partial charge >= 0.3 is 6.01 Å². The van der Waals surface area contributed by atoms with Crippen LogP contribution < -0.4 is 14.8 Å². The van der Waals surface area contributed by atoms with Gasteiger partial charge < -0.3 is 19.5 Å². The average Bonchev–Trinajstić information content (AvgIpc) is 3.31. The number of carbonyl (C=O) groups is 1. The van der Waals surface area contributed by atoms with E-state index in [0.29, 0.717) is 42.8 Å². The van der Waals surface area contributed by atoms with E-state index in [1.807, 2.05) is 31.2 Å². The second kappa shape index (κ2) is 11.3. The molecule has 3 aromatic carbocycles. The molecule has 0 saturated heterocycles. The highest BCUT2D eigenvalue weighted by Gasteiger charge is 2.16. The van der Waals surface area contributed by atoms with Crippen LogP contribution >= 0.6 is 0 Å². The summed E-state index contributed by atoms with van der Waals surface area (Å²) in [6.07, 6.45) is 0. The van der Waals surface area contributed by atoms with Crippen molar-refractivity contribution < 1.29 is 23.4 Å². The number of nitrogens with zero attached hydrogens (tertiary/aromatic N) is 3. The molecule has 1 aromatic heterocycles. The van der Waals surface area contributed by atoms with Gasteiger partial charge in [-0.05, 0) is 61.5 Å². The Morgan fingerprint density at radius 3 is 2.57 bits per heavy atom. The lowest BCUT2D eigenvalue weighted by Gasteiger charge is -2.09. The lowest BCUT2D eigenvalue weighted by Crippen LogP contribution is -2.12. The van der Waals surface area contributed by atoms with E-state index in [4.69, 9.17) is 14.2 Å². The summed E-state index contributed by atoms with van der Waals surface area (Å²) < 4.78 is 31.4. The number of amides is 1. The standard InChI is InChI=1S/C26H25FN4O4/c1-3-34-14-15-35-26-29-24(18-6-5-9-23(17-18)33-2)31(30-26)22-12-10-21(11-13-22)28-25(32)19-7-4-8-20(27)16-19/h4-13,16-17H,3,14-15H2,1-2H3,(H,28,32). The number of hydrogen-bond donors (Lipinski definition) is 1. The second-order valence-electron chi connectivity index (χ2n) is 7.42. The monoisotopic (exact) mass is 476 g/mol. The molecule has 0 bridgehead atoms. The largest absolute Gasteiger partial charge is 0.497 e. The van der Waals surface area contributed by atoms with E-state index < -0.39 is 11.7 Å². The molecule has 4 aromatic rings. The van der Waals surface area contributed by atoms with Crippen LogP contribution in [-0.4, -0.2) is 47.6 Å². The van der Waals surface area contributed by atoms with Crippen molar-refractivity contribution in [1.82, 2.24) is 14.8 Å². The molecule has 9 heteroatoms. The zero-order valence-corrected chi connectivity index (χ0v) is 19.4. The molecule has 0 aliphatic heterocycles. The second-order valence-corrected chi connectivity index (χ2v) is 7.42. The zero-order valence-electron chi connectivity index (χ0n) is 19.4. The number of ether oxygens (including phenoxy) is 3. The normalized spacial score (nSPS) is 10.7. The fraction of sp³-hybridized carbons (Fsp3) is 0.192. The number of methoxy groups -OCH3 is 1. The van der Waals surface area contributed by atoms with Gasteiger partial charge in [-0.1, -0.05) is 18.2 Å². The number of aromatic nitrogens is 3. The highest BCUT2D eigenvalue weighted by atomic mass is 19.1. The Morgan fingerprint density at radius 2 is 1.83 bits per heavy atom. The Bertz CT molecular complexity index is 1290. The third-order valence-corrected chi connectivity index (χ3v) is 5.04. The molecule has 1 amide bonds. The van der Waals surface area contributed by atoms with E-state index in [9.17, 15) is 9.18 Å². The molecule has 0 fully saturated rings. The van der Waals surface area contributed by atoms with Crippen molar-refractivity contribution in [2.45, 2.75) is 6.92 Å². The first-order chi connectivity index (χ1) is 17.1. The molecular formula is C26H25FN4O4. The maximum atomic E-state index is 13.4. The molecule has 0 aliphatic carbocycles. The van der Waals surface area contributed by atoms with Gasteiger partial charge in [-0.15, -0.1) is 5.10 Å². The van der Waals surface area contributed by atoms with Gasteiger partial charge in [0, 0.05) is 23.4 Å². The number of carbonyl (C=O) groups excluding carboxylic acids is 1. The molecule has 8 nitrogen and oxygen atoms in total. The first-order valence-corrected chi connectivity index (χ1v) is 11.1. The zero-order chi connectivity index (χ0) is 24.6. The number of nitrogens with one attached hydrogen (secondary N) is 1. The molecule has 0 radical (unpaired) electrons. The SMILES string of the molecule is CCOCCOc1nc(-c2cccc(OC)c2)n(-c2ccc(NC(=O)c3cccc(F)c3)cc2)n1. The minimum absolute atomic E-state index is 0.214. The molecule has 1 N–H and O–H groups in total. The van der Waals surface area contributed by atoms with Crippen molar-refractivity contribution >= 4 is 11.6 Å². The first-order valence-electron chi connectivity index (χ1n) is 11.1. The summed E-state index contributed by atoms with van der Waals surface area (Å²) >= 11 is 0. The summed E-state index contributed by atoms with van der Waals surface area (Å²) in [5.41, 5.74) is 2.29. The predicted octanol–water partition coefficient (Wildman–Crippen LogP) is 4.75. The van der Waals surface area contributed by atoms with Crippen LogP contribution in [-0.2, 0) is 4.74 Å². The first kappa shape index (κ1) is 23.9. The van der Waals surface area contributed by atoms with Gasteiger partial charge in [-0.25, -0.2) is 9.07 Å². The summed E-state index contributed by atoms with van der Waals surface area (Å²) in [5, 5.41) is 7.28. The number of halogens is 1. The Balaban J connectivity index is 1.59. The van der Waals surface area contributed by atoms with Gasteiger partial charge in [0.2, 0.25) is 0 Å². The number of benzene rings is 3. The van der Waals surface area contributed by atoms with Crippen LogP contribution in [0.3, 0.4) is 0 Å². The Labute approximate surface area is 202 Å². The van der Waals surface area contributed by atoms with Gasteiger partial charge in [-0.2, -0.15) is 4.98 Å². The van der Waals surface area contributed by atoms with E-state index in [1.165, 1.54) is 18.2 Å². The quantitative estimate of drug-likeness (QED) is 0.333. The van der Waals surface area contributed by atoms with E-state index in [2.05, 4.69) is 15.4 Å². The average molecular weight is 477 g/mol. The van der Waals surface area contributed by atoms with Crippen molar-refractivity contribution in [3.63, 3.8) is 0 Å². The van der Waals surface area contributed by atoms with Crippen LogP contribution in [0.4, 0.5) is 10.1 Å². The van der Waals surface area contributed by atoms with E-state index in [1.54, 1.807) is 42.1 Å². The Hall–Kier alpha value is -4.24. The smallest absolute Gasteiger partial charge is 0.336 e. The van der Waals surface area contributed by atoms with Gasteiger partial charge in [0.05, 0.1) is 19.4 Å². The van der Waals surface area contributed by atoms with Gasteiger partial charge in [0.25, 0.3) is 5.91 Å². The van der Waals surface area contributed by atoms with E-state index >= 15 is 0 Å². The molecule has 35 heavy (non-hydrogen) atoms. The third kappa shape index (κ3) is 6.01. The minimum atomic E-state index is -0.469. The molecule has 1 heterocycles. The van der Waals surface area contributed by atoms with Crippen molar-refractivity contribution in [2.75, 3.05) is 32.2 Å². The molecular weight excluding hydrogens is 451 g/mol. The summed E-state index contributed by atoms with van der Waals surface area (Å²) in [4.78, 5) is 17.0. The van der Waals surface area contributed by atoms with Crippen molar-refractivity contribution in [1.29, 1.82) is 0 Å². The summed E-state index contributed by atoms with van der Waals surface area (Å²) in [7, 11) is 1.60. The van der Waals surface area contributed by atoms with Crippen LogP contribution in [0, 0.1) is 5.82 Å². The molecule has 0 spiro atoms. The number of rotatable bonds is 10. The summed E-state index contributed by atoms with van der Waals surface area (Å²) in [5.74, 6) is 0.377. The summed E-state index contributed by atoms with van der Waals surface area (Å²) in [6.45, 7) is 3.26. The van der Waals surface area contributed by atoms with Crippen LogP contribution in [0.25, 0.3) is 17.1 Å². The lowest BCUT2D eigenvalue weighted by atomic mass is 10.2. The van der Waals surface area contributed by atoms with Crippen LogP contribution in [0.15, 0.2) is 72.8 Å². The van der Waals surface area contributed by atoms with Gasteiger partial charge in [0.1, 0.15) is 18.2 Å². The molecule has 0 aliphatic rings. The Kier molecular flexibility index (Phi) is 7.69. The van der Waals surface area contributed by atoms with Gasteiger partial charge in [-0.3, -0.25) is 4.79 Å². The molecule has 4 rings (SSSR count). The third-order valence-electron chi connectivity index (χ3n) is 5.04. The van der Waals surface area contributed by atoms with Crippen molar-refractivity contribution in [3.05, 3.63) is 84.2 Å². The Morgan fingerprint density at radius 1 is 1.03 bits per heavy atom. The highest BCUT2D eigenvalue weighted by Crippen LogP contribution is 2.27. The highest BCUT2D eigenvalue weighted by molar-refractivity contribution is 6.04. The molecule has 180 valence electrons. The molecule has 0 atom stereocenters. The van der Waals surface area contributed by atoms with Crippen molar-refractivity contribution in [3.8, 4) is 28.8 Å². The maximum Gasteiger partial charge on any atom is 0.336 e. The molecule has 0 saturated carbocycles.